The van der Waals surface area contributed by atoms with Gasteiger partial charge in [-0.15, -0.1) is 11.3 Å². The molecule has 0 radical (unpaired) electrons. The van der Waals surface area contributed by atoms with Gasteiger partial charge in [-0.25, -0.2) is 19.3 Å². The second-order valence-corrected chi connectivity index (χ2v) is 10.0. The van der Waals surface area contributed by atoms with Crippen LogP contribution in [0.1, 0.15) is 22.2 Å². The Kier molecular flexibility index (Phi) is 5.58. The number of H-pyrrole nitrogens is 2. The fraction of sp³-hybridized carbons (Fsp3) is 0.154. The largest absolute Gasteiger partial charge is 0.335 e. The van der Waals surface area contributed by atoms with Crippen LogP contribution >= 0.6 is 11.3 Å². The van der Waals surface area contributed by atoms with Gasteiger partial charge in [0.2, 0.25) is 0 Å². The summed E-state index contributed by atoms with van der Waals surface area (Å²) in [4.78, 5) is 36.3. The molecule has 0 bridgehead atoms. The van der Waals surface area contributed by atoms with E-state index in [9.17, 15) is 4.79 Å². The molecule has 0 spiro atoms. The Morgan fingerprint density at radius 2 is 1.95 bits per heavy atom. The summed E-state index contributed by atoms with van der Waals surface area (Å²) in [5, 5.41) is 7.32. The molecule has 0 aromatic carbocycles. The maximum absolute atomic E-state index is 16.0. The first-order chi connectivity index (χ1) is 17.9. The van der Waals surface area contributed by atoms with Crippen molar-refractivity contribution in [3.63, 3.8) is 0 Å². The molecule has 0 aliphatic heterocycles. The molecule has 0 aliphatic carbocycles. The van der Waals surface area contributed by atoms with Gasteiger partial charge >= 0.3 is 0 Å². The van der Waals surface area contributed by atoms with Crippen molar-refractivity contribution < 1.29 is 9.18 Å². The van der Waals surface area contributed by atoms with Crippen LogP contribution in [0.15, 0.2) is 49.1 Å². The topological polar surface area (TPSA) is 116 Å². The molecule has 6 aromatic heterocycles. The van der Waals surface area contributed by atoms with E-state index in [0.717, 1.165) is 16.0 Å². The maximum Gasteiger partial charge on any atom is 0.184 e. The molecular formula is C26H21FN8OS. The zero-order valence-electron chi connectivity index (χ0n) is 20.2. The number of rotatable bonds is 6. The number of hydrogen-bond donors (Lipinski definition) is 2. The summed E-state index contributed by atoms with van der Waals surface area (Å²) in [6, 6.07) is 7.47. The van der Waals surface area contributed by atoms with Gasteiger partial charge in [0.25, 0.3) is 0 Å². The zero-order chi connectivity index (χ0) is 25.7. The predicted octanol–water partition coefficient (Wildman–Crippen LogP) is 5.09. The van der Waals surface area contributed by atoms with Crippen LogP contribution in [0.3, 0.4) is 0 Å². The van der Waals surface area contributed by atoms with E-state index in [4.69, 9.17) is 0 Å². The minimum atomic E-state index is -0.462. The van der Waals surface area contributed by atoms with Gasteiger partial charge in [0.05, 0.1) is 15.8 Å². The summed E-state index contributed by atoms with van der Waals surface area (Å²) < 4.78 is 16.0. The molecule has 0 fully saturated rings. The number of aromatic amines is 2. The standard InChI is InChI=1S/C26H21FN8OS/c1-13(36)18-4-5-19(37-18)16-6-7-29-25-22(16)31-26(32-25)23-20-21(27)17(11-30-24(20)34-33-23)15-8-14(9-28-10-15)12-35(2)3/h4-11H,12H2,1-3H3,(H,29,31,32)(H,30,33,34). The van der Waals surface area contributed by atoms with E-state index in [1.165, 1.54) is 17.5 Å². The first-order valence-electron chi connectivity index (χ1n) is 11.5. The first kappa shape index (κ1) is 23.1. The summed E-state index contributed by atoms with van der Waals surface area (Å²) in [6.07, 6.45) is 6.52. The number of Topliss-reactive ketones (excluding diaryl/α,β-unsaturated/α-hetero) is 1. The Bertz CT molecular complexity index is 1800. The summed E-state index contributed by atoms with van der Waals surface area (Å²) in [5.74, 6) is -0.0642. The molecule has 0 amide bonds. The number of nitrogens with one attached hydrogen (secondary N) is 2. The van der Waals surface area contributed by atoms with Gasteiger partial charge in [0.15, 0.2) is 22.9 Å². The van der Waals surface area contributed by atoms with E-state index >= 15 is 4.39 Å². The van der Waals surface area contributed by atoms with Crippen molar-refractivity contribution in [2.75, 3.05) is 14.1 Å². The molecule has 6 rings (SSSR count). The lowest BCUT2D eigenvalue weighted by Gasteiger charge is -2.11. The minimum Gasteiger partial charge on any atom is -0.335 e. The minimum absolute atomic E-state index is 0.0111. The normalized spacial score (nSPS) is 11.7. The Morgan fingerprint density at radius 3 is 2.73 bits per heavy atom. The van der Waals surface area contributed by atoms with Gasteiger partial charge in [-0.05, 0) is 50.8 Å². The van der Waals surface area contributed by atoms with Crippen molar-refractivity contribution in [2.24, 2.45) is 0 Å². The van der Waals surface area contributed by atoms with Crippen molar-refractivity contribution in [3.05, 3.63) is 65.3 Å². The van der Waals surface area contributed by atoms with Crippen LogP contribution in [-0.2, 0) is 6.54 Å². The molecule has 6 aromatic rings. The lowest BCUT2D eigenvalue weighted by Crippen LogP contribution is -2.10. The average Bonchev–Trinajstić information content (AvgIpc) is 3.61. The Morgan fingerprint density at radius 1 is 1.08 bits per heavy atom. The van der Waals surface area contributed by atoms with E-state index < -0.39 is 5.82 Å². The number of ketones is 1. The number of hydrogen-bond acceptors (Lipinski definition) is 8. The number of pyridine rings is 3. The second kappa shape index (κ2) is 8.95. The summed E-state index contributed by atoms with van der Waals surface area (Å²) in [7, 11) is 3.93. The molecular weight excluding hydrogens is 491 g/mol. The average molecular weight is 513 g/mol. The molecule has 0 saturated heterocycles. The lowest BCUT2D eigenvalue weighted by molar-refractivity contribution is 0.102. The summed E-state index contributed by atoms with van der Waals surface area (Å²) >= 11 is 1.40. The number of carbonyl (C=O) groups is 1. The van der Waals surface area contributed by atoms with Gasteiger partial charge in [0.1, 0.15) is 11.5 Å². The molecule has 9 nitrogen and oxygen atoms in total. The van der Waals surface area contributed by atoms with E-state index in [1.54, 1.807) is 31.6 Å². The molecule has 0 unspecified atom stereocenters. The smallest absolute Gasteiger partial charge is 0.184 e. The molecule has 0 saturated carbocycles. The van der Waals surface area contributed by atoms with Crippen molar-refractivity contribution in [1.82, 2.24) is 40.0 Å². The molecule has 37 heavy (non-hydrogen) atoms. The number of fused-ring (bicyclic) bond motifs is 2. The molecule has 0 aliphatic rings. The summed E-state index contributed by atoms with van der Waals surface area (Å²) in [5.41, 5.74) is 4.55. The lowest BCUT2D eigenvalue weighted by atomic mass is 10.1. The number of imidazole rings is 1. The quantitative estimate of drug-likeness (QED) is 0.299. The highest BCUT2D eigenvalue weighted by Gasteiger charge is 2.21. The third kappa shape index (κ3) is 4.07. The first-order valence-corrected chi connectivity index (χ1v) is 12.3. The highest BCUT2D eigenvalue weighted by Crippen LogP contribution is 2.36. The van der Waals surface area contributed by atoms with Crippen molar-refractivity contribution in [3.8, 4) is 33.1 Å². The Balaban J connectivity index is 1.47. The summed E-state index contributed by atoms with van der Waals surface area (Å²) in [6.45, 7) is 2.22. The second-order valence-electron chi connectivity index (χ2n) is 8.97. The number of thiophene rings is 1. The zero-order valence-corrected chi connectivity index (χ0v) is 21.0. The van der Waals surface area contributed by atoms with Gasteiger partial charge in [-0.1, -0.05) is 0 Å². The maximum atomic E-state index is 16.0. The number of aromatic nitrogens is 7. The van der Waals surface area contributed by atoms with Crippen molar-refractivity contribution in [2.45, 2.75) is 13.5 Å². The van der Waals surface area contributed by atoms with Crippen LogP contribution in [0.5, 0.6) is 0 Å². The molecule has 184 valence electrons. The van der Waals surface area contributed by atoms with Crippen LogP contribution in [0.2, 0.25) is 0 Å². The SMILES string of the molecule is CC(=O)c1ccc(-c2ccnc3nc(-c4[nH]nc5ncc(-c6cncc(CN(C)C)c6)c(F)c45)[nH]c23)s1. The van der Waals surface area contributed by atoms with Crippen LogP contribution in [-0.4, -0.2) is 59.9 Å². The Labute approximate surface area is 214 Å². The molecule has 2 N–H and O–H groups in total. The van der Waals surface area contributed by atoms with Crippen LogP contribution < -0.4 is 0 Å². The monoisotopic (exact) mass is 512 g/mol. The number of nitrogens with zero attached hydrogens (tertiary/aromatic N) is 6. The van der Waals surface area contributed by atoms with Crippen LogP contribution in [0, 0.1) is 5.82 Å². The molecule has 11 heteroatoms. The molecule has 0 atom stereocenters. The third-order valence-corrected chi connectivity index (χ3v) is 7.19. The fourth-order valence-electron chi connectivity index (χ4n) is 4.32. The molecule has 6 heterocycles. The van der Waals surface area contributed by atoms with Crippen molar-refractivity contribution >= 4 is 39.3 Å². The highest BCUT2D eigenvalue weighted by atomic mass is 32.1. The Hall–Kier alpha value is -4.35. The fourth-order valence-corrected chi connectivity index (χ4v) is 5.25. The van der Waals surface area contributed by atoms with Gasteiger partial charge in [-0.2, -0.15) is 5.10 Å². The van der Waals surface area contributed by atoms with E-state index in [2.05, 4.69) is 35.1 Å². The van der Waals surface area contributed by atoms with E-state index in [-0.39, 0.29) is 16.8 Å². The number of halogens is 1. The van der Waals surface area contributed by atoms with E-state index in [0.29, 0.717) is 45.2 Å². The highest BCUT2D eigenvalue weighted by molar-refractivity contribution is 7.17. The van der Waals surface area contributed by atoms with Gasteiger partial charge in [-0.3, -0.25) is 14.9 Å². The van der Waals surface area contributed by atoms with Crippen molar-refractivity contribution in [1.29, 1.82) is 0 Å². The van der Waals surface area contributed by atoms with Gasteiger partial charge < -0.3 is 9.88 Å². The predicted molar refractivity (Wildman–Crippen MR) is 141 cm³/mol. The third-order valence-electron chi connectivity index (χ3n) is 5.97. The van der Waals surface area contributed by atoms with Crippen LogP contribution in [0.25, 0.3) is 55.3 Å². The van der Waals surface area contributed by atoms with Crippen LogP contribution in [0.4, 0.5) is 4.39 Å². The van der Waals surface area contributed by atoms with Gasteiger partial charge in [0, 0.05) is 52.9 Å². The number of carbonyl (C=O) groups excluding carboxylic acids is 1. The van der Waals surface area contributed by atoms with E-state index in [1.807, 2.05) is 37.2 Å².